The summed E-state index contributed by atoms with van der Waals surface area (Å²) in [6, 6.07) is 4.80. The van der Waals surface area contributed by atoms with Crippen molar-refractivity contribution in [3.8, 4) is 0 Å². The number of rotatable bonds is 7. The summed E-state index contributed by atoms with van der Waals surface area (Å²) in [7, 11) is 1.86. The molecule has 28 heavy (non-hydrogen) atoms. The van der Waals surface area contributed by atoms with Gasteiger partial charge in [0.25, 0.3) is 0 Å². The fourth-order valence-electron chi connectivity index (χ4n) is 5.14. The van der Waals surface area contributed by atoms with Crippen LogP contribution >= 0.6 is 24.0 Å². The maximum Gasteiger partial charge on any atom is 0.191 e. The number of nitrogens with one attached hydrogen (secondary N) is 2. The number of halogens is 1. The van der Waals surface area contributed by atoms with E-state index >= 15 is 0 Å². The molecule has 6 nitrogen and oxygen atoms in total. The molecule has 1 aromatic rings. The van der Waals surface area contributed by atoms with Gasteiger partial charge >= 0.3 is 0 Å². The van der Waals surface area contributed by atoms with Crippen LogP contribution in [0.1, 0.15) is 57.3 Å². The zero-order chi connectivity index (χ0) is 18.7. The molecule has 7 heteroatoms. The molecule has 4 rings (SSSR count). The minimum atomic E-state index is 0. The second-order valence-electron chi connectivity index (χ2n) is 8.19. The molecule has 158 valence electrons. The van der Waals surface area contributed by atoms with Crippen LogP contribution in [0.25, 0.3) is 0 Å². The predicted molar refractivity (Wildman–Crippen MR) is 122 cm³/mol. The smallest absolute Gasteiger partial charge is 0.191 e. The van der Waals surface area contributed by atoms with Gasteiger partial charge in [-0.15, -0.1) is 24.0 Å². The molecule has 0 radical (unpaired) electrons. The van der Waals surface area contributed by atoms with E-state index in [1.54, 1.807) is 6.26 Å². The van der Waals surface area contributed by atoms with Gasteiger partial charge in [-0.05, 0) is 64.3 Å². The number of aliphatic imine (C=N–C) groups is 1. The van der Waals surface area contributed by atoms with E-state index in [1.807, 2.05) is 13.1 Å². The molecule has 1 spiro atoms. The molecule has 2 saturated carbocycles. The second kappa shape index (κ2) is 9.80. The predicted octanol–water partition coefficient (Wildman–Crippen LogP) is 3.55. The molecule has 3 unspecified atom stereocenters. The van der Waals surface area contributed by atoms with Gasteiger partial charge in [0.2, 0.25) is 0 Å². The third kappa shape index (κ3) is 4.21. The SMILES string of the molecule is CCOC1CC(NC(=NC)NCC(c2ccco2)N2CCCC2)C12CCC2.I. The molecule has 1 aromatic heterocycles. The topological polar surface area (TPSA) is 62.0 Å². The number of furan rings is 1. The third-order valence-corrected chi connectivity index (χ3v) is 6.89. The molecule has 2 aliphatic carbocycles. The van der Waals surface area contributed by atoms with Crippen LogP contribution in [0.5, 0.6) is 0 Å². The molecule has 3 aliphatic rings. The summed E-state index contributed by atoms with van der Waals surface area (Å²) in [5, 5.41) is 7.25. The van der Waals surface area contributed by atoms with Crippen molar-refractivity contribution in [2.45, 2.75) is 63.6 Å². The fourth-order valence-corrected chi connectivity index (χ4v) is 5.14. The quantitative estimate of drug-likeness (QED) is 0.339. The zero-order valence-electron chi connectivity index (χ0n) is 17.2. The van der Waals surface area contributed by atoms with Crippen molar-refractivity contribution in [2.75, 3.05) is 33.3 Å². The van der Waals surface area contributed by atoms with Crippen LogP contribution in [0.15, 0.2) is 27.8 Å². The lowest BCUT2D eigenvalue weighted by Crippen LogP contribution is -2.68. The van der Waals surface area contributed by atoms with E-state index in [0.29, 0.717) is 17.6 Å². The van der Waals surface area contributed by atoms with Gasteiger partial charge in [-0.3, -0.25) is 9.89 Å². The van der Waals surface area contributed by atoms with Gasteiger partial charge in [0, 0.05) is 31.7 Å². The van der Waals surface area contributed by atoms with Crippen LogP contribution < -0.4 is 10.6 Å². The van der Waals surface area contributed by atoms with E-state index in [0.717, 1.165) is 44.4 Å². The minimum Gasteiger partial charge on any atom is -0.468 e. The minimum absolute atomic E-state index is 0. The van der Waals surface area contributed by atoms with Crippen molar-refractivity contribution in [3.05, 3.63) is 24.2 Å². The van der Waals surface area contributed by atoms with Crippen LogP contribution in [0, 0.1) is 5.41 Å². The lowest BCUT2D eigenvalue weighted by molar-refractivity contribution is -0.168. The summed E-state index contributed by atoms with van der Waals surface area (Å²) in [4.78, 5) is 7.00. The summed E-state index contributed by atoms with van der Waals surface area (Å²) in [5.74, 6) is 1.94. The van der Waals surface area contributed by atoms with Crippen molar-refractivity contribution in [1.29, 1.82) is 0 Å². The van der Waals surface area contributed by atoms with E-state index in [4.69, 9.17) is 9.15 Å². The van der Waals surface area contributed by atoms with E-state index in [1.165, 1.54) is 32.1 Å². The first-order chi connectivity index (χ1) is 13.3. The second-order valence-corrected chi connectivity index (χ2v) is 8.19. The highest BCUT2D eigenvalue weighted by Gasteiger charge is 2.59. The van der Waals surface area contributed by atoms with E-state index in [9.17, 15) is 0 Å². The van der Waals surface area contributed by atoms with Gasteiger partial charge in [-0.25, -0.2) is 0 Å². The van der Waals surface area contributed by atoms with Crippen LogP contribution in [-0.2, 0) is 4.74 Å². The Balaban J connectivity index is 0.00000225. The summed E-state index contributed by atoms with van der Waals surface area (Å²) < 4.78 is 11.7. The molecule has 2 N–H and O–H groups in total. The lowest BCUT2D eigenvalue weighted by Gasteiger charge is -2.61. The number of ether oxygens (including phenoxy) is 1. The van der Waals surface area contributed by atoms with Crippen molar-refractivity contribution in [1.82, 2.24) is 15.5 Å². The Bertz CT molecular complexity index is 626. The van der Waals surface area contributed by atoms with Crippen molar-refractivity contribution in [2.24, 2.45) is 10.4 Å². The molecule has 3 fully saturated rings. The number of hydrogen-bond donors (Lipinski definition) is 2. The first kappa shape index (κ1) is 21.9. The highest BCUT2D eigenvalue weighted by molar-refractivity contribution is 14.0. The van der Waals surface area contributed by atoms with E-state index < -0.39 is 0 Å². The Morgan fingerprint density at radius 3 is 2.71 bits per heavy atom. The molecule has 0 amide bonds. The standard InChI is InChI=1S/C21H34N4O2.HI/c1-3-26-19-14-18(21(19)9-7-10-21)24-20(22-2)23-15-16(17-8-6-13-27-17)25-11-4-5-12-25;/h6,8,13,16,18-19H,3-5,7,9-12,14-15H2,1-2H3,(H2,22,23,24);1H. The van der Waals surface area contributed by atoms with Crippen LogP contribution in [0.4, 0.5) is 0 Å². The summed E-state index contributed by atoms with van der Waals surface area (Å²) in [5.41, 5.74) is 0.336. The first-order valence-electron chi connectivity index (χ1n) is 10.6. The zero-order valence-corrected chi connectivity index (χ0v) is 19.5. The fraction of sp³-hybridized carbons (Fsp3) is 0.762. The van der Waals surface area contributed by atoms with Crippen LogP contribution in [0.3, 0.4) is 0 Å². The maximum atomic E-state index is 5.98. The number of guanidine groups is 1. The number of hydrogen-bond acceptors (Lipinski definition) is 4. The molecule has 2 heterocycles. The van der Waals surface area contributed by atoms with Gasteiger partial charge in [0.05, 0.1) is 18.4 Å². The van der Waals surface area contributed by atoms with Crippen LogP contribution in [0.2, 0.25) is 0 Å². The van der Waals surface area contributed by atoms with Gasteiger partial charge in [-0.1, -0.05) is 6.42 Å². The maximum absolute atomic E-state index is 5.98. The Kier molecular flexibility index (Phi) is 7.67. The van der Waals surface area contributed by atoms with Gasteiger partial charge in [0.1, 0.15) is 5.76 Å². The molecule has 0 bridgehead atoms. The van der Waals surface area contributed by atoms with Gasteiger partial charge in [-0.2, -0.15) is 0 Å². The van der Waals surface area contributed by atoms with Crippen molar-refractivity contribution in [3.63, 3.8) is 0 Å². The summed E-state index contributed by atoms with van der Waals surface area (Å²) in [6.45, 7) is 6.00. The average Bonchev–Trinajstić information content (AvgIpc) is 3.32. The number of likely N-dealkylation sites (tertiary alicyclic amines) is 1. The highest BCUT2D eigenvalue weighted by Crippen LogP contribution is 2.57. The van der Waals surface area contributed by atoms with Crippen molar-refractivity contribution < 1.29 is 9.15 Å². The van der Waals surface area contributed by atoms with E-state index in [-0.39, 0.29) is 30.0 Å². The average molecular weight is 502 g/mol. The van der Waals surface area contributed by atoms with Crippen molar-refractivity contribution >= 4 is 29.9 Å². The van der Waals surface area contributed by atoms with E-state index in [2.05, 4.69) is 33.5 Å². The molecule has 0 aromatic carbocycles. The molecular formula is C21H35IN4O2. The highest BCUT2D eigenvalue weighted by atomic mass is 127. The molecule has 1 aliphatic heterocycles. The molecular weight excluding hydrogens is 467 g/mol. The number of nitrogens with zero attached hydrogens (tertiary/aromatic N) is 2. The Hall–Kier alpha value is -0.800. The van der Waals surface area contributed by atoms with Gasteiger partial charge in [0.15, 0.2) is 5.96 Å². The largest absolute Gasteiger partial charge is 0.468 e. The summed E-state index contributed by atoms with van der Waals surface area (Å²) in [6.07, 6.45) is 9.69. The Morgan fingerprint density at radius 1 is 1.36 bits per heavy atom. The normalized spacial score (nSPS) is 27.6. The third-order valence-electron chi connectivity index (χ3n) is 6.89. The Morgan fingerprint density at radius 2 is 2.14 bits per heavy atom. The van der Waals surface area contributed by atoms with Gasteiger partial charge < -0.3 is 19.8 Å². The first-order valence-corrected chi connectivity index (χ1v) is 10.6. The van der Waals surface area contributed by atoms with Crippen LogP contribution in [-0.4, -0.2) is 56.3 Å². The summed E-state index contributed by atoms with van der Waals surface area (Å²) >= 11 is 0. The Labute approximate surface area is 185 Å². The molecule has 1 saturated heterocycles. The molecule has 3 atom stereocenters. The monoisotopic (exact) mass is 502 g/mol. The lowest BCUT2D eigenvalue weighted by atomic mass is 9.51.